The highest BCUT2D eigenvalue weighted by Crippen LogP contribution is 2.24. The summed E-state index contributed by atoms with van der Waals surface area (Å²) < 4.78 is 32.6. The highest BCUT2D eigenvalue weighted by Gasteiger charge is 2.23. The van der Waals surface area contributed by atoms with E-state index in [1.54, 1.807) is 0 Å². The van der Waals surface area contributed by atoms with Crippen LogP contribution < -0.4 is 10.5 Å². The number of nitrogens with two attached hydrogens (primary N) is 1. The second-order valence-corrected chi connectivity index (χ2v) is 4.36. The van der Waals surface area contributed by atoms with Gasteiger partial charge in [0.25, 0.3) is 5.91 Å². The lowest BCUT2D eigenvalue weighted by molar-refractivity contribution is -0.137. The summed E-state index contributed by atoms with van der Waals surface area (Å²) in [5.41, 5.74) is 5.66. The Morgan fingerprint density at radius 2 is 1.80 bits per heavy atom. The van der Waals surface area contributed by atoms with Gasteiger partial charge in [-0.25, -0.2) is 8.78 Å². The Bertz CT molecular complexity index is 453. The van der Waals surface area contributed by atoms with E-state index in [1.165, 1.54) is 11.8 Å². The molecule has 0 fully saturated rings. The molecule has 0 aliphatic heterocycles. The first-order valence-corrected chi connectivity index (χ1v) is 6.57. The van der Waals surface area contributed by atoms with Crippen molar-refractivity contribution in [2.45, 2.75) is 33.4 Å². The summed E-state index contributed by atoms with van der Waals surface area (Å²) in [6.45, 7) is 6.18. The van der Waals surface area contributed by atoms with E-state index in [0.29, 0.717) is 18.7 Å². The fraction of sp³-hybridized carbons (Fsp3) is 0.500. The number of nitrogens with zero attached hydrogens (tertiary/aromatic N) is 1. The Hall–Kier alpha value is -1.69. The van der Waals surface area contributed by atoms with Crippen molar-refractivity contribution in [3.8, 4) is 5.75 Å². The molecule has 0 aromatic heterocycles. The Labute approximate surface area is 117 Å². The van der Waals surface area contributed by atoms with Crippen molar-refractivity contribution in [3.63, 3.8) is 0 Å². The number of carbonyl (C=O) groups is 1. The number of hydrogen-bond acceptors (Lipinski definition) is 3. The van der Waals surface area contributed by atoms with Crippen molar-refractivity contribution < 1.29 is 18.3 Å². The molecular formula is C14H20F2N2O2. The highest BCUT2D eigenvalue weighted by molar-refractivity contribution is 5.80. The summed E-state index contributed by atoms with van der Waals surface area (Å²) in [4.78, 5) is 13.5. The molecule has 0 radical (unpaired) electrons. The van der Waals surface area contributed by atoms with Crippen LogP contribution in [0.25, 0.3) is 0 Å². The predicted molar refractivity (Wildman–Crippen MR) is 72.3 cm³/mol. The number of halogens is 2. The molecular weight excluding hydrogens is 266 g/mol. The van der Waals surface area contributed by atoms with Gasteiger partial charge >= 0.3 is 0 Å². The smallest absolute Gasteiger partial charge is 0.263 e. The van der Waals surface area contributed by atoms with Gasteiger partial charge in [0.2, 0.25) is 0 Å². The van der Waals surface area contributed by atoms with Gasteiger partial charge < -0.3 is 15.4 Å². The van der Waals surface area contributed by atoms with E-state index in [-0.39, 0.29) is 12.5 Å². The van der Waals surface area contributed by atoms with E-state index in [9.17, 15) is 13.6 Å². The van der Waals surface area contributed by atoms with Crippen LogP contribution in [0, 0.1) is 11.6 Å². The molecule has 1 aromatic rings. The summed E-state index contributed by atoms with van der Waals surface area (Å²) in [6, 6.07) is 2.21. The normalized spacial score (nSPS) is 12.1. The van der Waals surface area contributed by atoms with Crippen molar-refractivity contribution in [1.82, 2.24) is 4.90 Å². The lowest BCUT2D eigenvalue weighted by atomic mass is 10.2. The minimum atomic E-state index is -0.956. The maximum atomic E-state index is 13.7. The second-order valence-electron chi connectivity index (χ2n) is 4.36. The third kappa shape index (κ3) is 3.66. The fourth-order valence-electron chi connectivity index (χ4n) is 1.86. The number of rotatable bonds is 6. The van der Waals surface area contributed by atoms with Gasteiger partial charge in [0.15, 0.2) is 23.5 Å². The van der Waals surface area contributed by atoms with Gasteiger partial charge in [0, 0.05) is 19.6 Å². The van der Waals surface area contributed by atoms with E-state index in [4.69, 9.17) is 10.5 Å². The molecule has 1 atom stereocenters. The van der Waals surface area contributed by atoms with Crippen molar-refractivity contribution in [1.29, 1.82) is 0 Å². The van der Waals surface area contributed by atoms with Crippen molar-refractivity contribution in [2.75, 3.05) is 13.1 Å². The summed E-state index contributed by atoms with van der Waals surface area (Å²) in [5, 5.41) is 0. The topological polar surface area (TPSA) is 55.6 Å². The lowest BCUT2D eigenvalue weighted by Gasteiger charge is -2.23. The quantitative estimate of drug-likeness (QED) is 0.871. The van der Waals surface area contributed by atoms with Crippen LogP contribution in [0.2, 0.25) is 0 Å². The predicted octanol–water partition coefficient (Wildman–Crippen LogP) is 2.06. The molecule has 0 heterocycles. The Morgan fingerprint density at radius 3 is 2.20 bits per heavy atom. The van der Waals surface area contributed by atoms with Gasteiger partial charge in [0.1, 0.15) is 0 Å². The Kier molecular flexibility index (Phi) is 5.88. The van der Waals surface area contributed by atoms with Crippen LogP contribution in [0.1, 0.15) is 26.3 Å². The Balaban J connectivity index is 2.90. The first-order chi connectivity index (χ1) is 9.44. The maximum absolute atomic E-state index is 13.7. The Morgan fingerprint density at radius 1 is 1.30 bits per heavy atom. The number of ether oxygens (including phenoxy) is 1. The van der Waals surface area contributed by atoms with Gasteiger partial charge in [-0.3, -0.25) is 4.79 Å². The molecule has 0 aliphatic carbocycles. The van der Waals surface area contributed by atoms with Gasteiger partial charge in [-0.1, -0.05) is 0 Å². The molecule has 0 aliphatic rings. The van der Waals surface area contributed by atoms with Crippen LogP contribution in [-0.2, 0) is 11.3 Å². The van der Waals surface area contributed by atoms with Gasteiger partial charge in [-0.15, -0.1) is 0 Å². The molecule has 0 saturated heterocycles. The summed E-state index contributed by atoms with van der Waals surface area (Å²) in [7, 11) is 0. The van der Waals surface area contributed by atoms with Crippen LogP contribution >= 0.6 is 0 Å². The lowest BCUT2D eigenvalue weighted by Crippen LogP contribution is -2.40. The molecule has 2 N–H and O–H groups in total. The fourth-order valence-corrected chi connectivity index (χ4v) is 1.86. The van der Waals surface area contributed by atoms with E-state index in [0.717, 1.165) is 12.1 Å². The van der Waals surface area contributed by atoms with Crippen molar-refractivity contribution >= 4 is 5.91 Å². The zero-order valence-corrected chi connectivity index (χ0v) is 12.0. The number of likely N-dealkylation sites (N-methyl/N-ethyl adjacent to an activating group) is 1. The molecule has 1 rings (SSSR count). The summed E-state index contributed by atoms with van der Waals surface area (Å²) in [6.07, 6.45) is -0.956. The first-order valence-electron chi connectivity index (χ1n) is 6.57. The van der Waals surface area contributed by atoms with E-state index < -0.39 is 23.5 Å². The molecule has 1 amide bonds. The van der Waals surface area contributed by atoms with Crippen molar-refractivity contribution in [3.05, 3.63) is 29.3 Å². The molecule has 0 spiro atoms. The van der Waals surface area contributed by atoms with Crippen LogP contribution in [0.3, 0.4) is 0 Å². The third-order valence-electron chi connectivity index (χ3n) is 3.01. The van der Waals surface area contributed by atoms with Gasteiger partial charge in [-0.2, -0.15) is 0 Å². The minimum absolute atomic E-state index is 0.0298. The van der Waals surface area contributed by atoms with Crippen LogP contribution in [0.15, 0.2) is 12.1 Å². The van der Waals surface area contributed by atoms with Gasteiger partial charge in [-0.05, 0) is 38.5 Å². The zero-order chi connectivity index (χ0) is 15.3. The highest BCUT2D eigenvalue weighted by atomic mass is 19.1. The summed E-state index contributed by atoms with van der Waals surface area (Å²) >= 11 is 0. The number of amides is 1. The van der Waals surface area contributed by atoms with Crippen LogP contribution in [0.5, 0.6) is 5.75 Å². The molecule has 0 bridgehead atoms. The number of carbonyl (C=O) groups excluding carboxylic acids is 1. The average molecular weight is 286 g/mol. The molecule has 4 nitrogen and oxygen atoms in total. The molecule has 0 saturated carbocycles. The van der Waals surface area contributed by atoms with E-state index >= 15 is 0 Å². The standard InChI is InChI=1S/C14H20F2N2O2/c1-4-18(5-2)14(19)9(3)20-13-11(15)6-10(8-17)7-12(13)16/h6-7,9H,4-5,8,17H2,1-3H3. The number of benzene rings is 1. The first kappa shape index (κ1) is 16.4. The largest absolute Gasteiger partial charge is 0.475 e. The third-order valence-corrected chi connectivity index (χ3v) is 3.01. The minimum Gasteiger partial charge on any atom is -0.475 e. The zero-order valence-electron chi connectivity index (χ0n) is 12.0. The van der Waals surface area contributed by atoms with Crippen LogP contribution in [-0.4, -0.2) is 30.0 Å². The second kappa shape index (κ2) is 7.19. The number of hydrogen-bond donors (Lipinski definition) is 1. The SMILES string of the molecule is CCN(CC)C(=O)C(C)Oc1c(F)cc(CN)cc1F. The maximum Gasteiger partial charge on any atom is 0.263 e. The van der Waals surface area contributed by atoms with Gasteiger partial charge in [0.05, 0.1) is 0 Å². The molecule has 112 valence electrons. The molecule has 6 heteroatoms. The molecule has 1 aromatic carbocycles. The van der Waals surface area contributed by atoms with E-state index in [1.807, 2.05) is 13.8 Å². The van der Waals surface area contributed by atoms with Crippen molar-refractivity contribution in [2.24, 2.45) is 5.73 Å². The summed E-state index contributed by atoms with van der Waals surface area (Å²) in [5.74, 6) is -2.57. The molecule has 20 heavy (non-hydrogen) atoms. The monoisotopic (exact) mass is 286 g/mol. The average Bonchev–Trinajstić information content (AvgIpc) is 2.43. The van der Waals surface area contributed by atoms with E-state index in [2.05, 4.69) is 0 Å². The molecule has 1 unspecified atom stereocenters. The van der Waals surface area contributed by atoms with Crippen LogP contribution in [0.4, 0.5) is 8.78 Å².